The summed E-state index contributed by atoms with van der Waals surface area (Å²) in [5.74, 6) is -0.0891. The second kappa shape index (κ2) is 7.98. The third kappa shape index (κ3) is 4.50. The van der Waals surface area contributed by atoms with Crippen molar-refractivity contribution >= 4 is 27.5 Å². The van der Waals surface area contributed by atoms with Gasteiger partial charge in [0, 0.05) is 22.7 Å². The van der Waals surface area contributed by atoms with Crippen LogP contribution in [0.1, 0.15) is 23.5 Å². The quantitative estimate of drug-likeness (QED) is 0.350. The van der Waals surface area contributed by atoms with Gasteiger partial charge in [-0.05, 0) is 47.7 Å². The Bertz CT molecular complexity index is 1270. The van der Waals surface area contributed by atoms with E-state index < -0.39 is 10.0 Å². The van der Waals surface area contributed by atoms with Crippen LogP contribution in [0, 0.1) is 11.3 Å². The average molecular weight is 435 g/mol. The molecule has 1 fully saturated rings. The largest absolute Gasteiger partial charge is 0.384 e. The molecule has 0 bridgehead atoms. The number of carbonyl (C=O) groups excluding carboxylic acids is 1. The molecule has 6 N–H and O–H groups in total. The van der Waals surface area contributed by atoms with Gasteiger partial charge in [-0.15, -0.1) is 0 Å². The van der Waals surface area contributed by atoms with Gasteiger partial charge in [-0.3, -0.25) is 10.2 Å². The first-order chi connectivity index (χ1) is 14.7. The Hall–Kier alpha value is -3.49. The molecule has 0 aliphatic heterocycles. The lowest BCUT2D eigenvalue weighted by molar-refractivity contribution is -0.117. The van der Waals surface area contributed by atoms with Gasteiger partial charge in [-0.1, -0.05) is 48.5 Å². The van der Waals surface area contributed by atoms with E-state index in [1.807, 2.05) is 18.2 Å². The number of sulfonamides is 1. The molecule has 2 atom stereocenters. The fourth-order valence-electron chi connectivity index (χ4n) is 3.71. The number of primary sulfonamides is 1. The summed E-state index contributed by atoms with van der Waals surface area (Å²) in [6, 6.07) is 20.9. The Morgan fingerprint density at radius 2 is 1.71 bits per heavy atom. The number of hydrogen-bond donors (Lipinski definition) is 4. The smallest absolute Gasteiger partial charge is 0.238 e. The summed E-state index contributed by atoms with van der Waals surface area (Å²) in [5.41, 5.74) is 9.03. The van der Waals surface area contributed by atoms with E-state index in [1.54, 1.807) is 48.5 Å². The van der Waals surface area contributed by atoms with Gasteiger partial charge in [-0.2, -0.15) is 0 Å². The normalized spacial score (nSPS) is 17.7. The molecule has 1 saturated carbocycles. The van der Waals surface area contributed by atoms with Crippen molar-refractivity contribution in [2.24, 2.45) is 16.8 Å². The minimum absolute atomic E-state index is 0.00704. The van der Waals surface area contributed by atoms with Crippen LogP contribution in [0.2, 0.25) is 0 Å². The molecular formula is C23H22N4O3S. The molecule has 0 aromatic heterocycles. The lowest BCUT2D eigenvalue weighted by Crippen LogP contribution is -2.15. The van der Waals surface area contributed by atoms with Gasteiger partial charge in [0.15, 0.2) is 0 Å². The highest BCUT2D eigenvalue weighted by Crippen LogP contribution is 2.48. The number of benzene rings is 3. The second-order valence-corrected chi connectivity index (χ2v) is 9.13. The molecule has 7 nitrogen and oxygen atoms in total. The van der Waals surface area contributed by atoms with Crippen molar-refractivity contribution in [3.8, 4) is 11.1 Å². The van der Waals surface area contributed by atoms with Crippen molar-refractivity contribution in [1.82, 2.24) is 0 Å². The third-order valence-electron chi connectivity index (χ3n) is 5.41. The molecule has 31 heavy (non-hydrogen) atoms. The second-order valence-electron chi connectivity index (χ2n) is 7.60. The Kier molecular flexibility index (Phi) is 5.34. The van der Waals surface area contributed by atoms with Crippen molar-refractivity contribution < 1.29 is 13.2 Å². The fourth-order valence-corrected chi connectivity index (χ4v) is 4.47. The van der Waals surface area contributed by atoms with Gasteiger partial charge in [0.1, 0.15) is 5.84 Å². The first-order valence-electron chi connectivity index (χ1n) is 9.71. The van der Waals surface area contributed by atoms with Crippen LogP contribution in [0.15, 0.2) is 77.7 Å². The summed E-state index contributed by atoms with van der Waals surface area (Å²) < 4.78 is 23.7. The van der Waals surface area contributed by atoms with E-state index in [-0.39, 0.29) is 28.5 Å². The molecular weight excluding hydrogens is 412 g/mol. The van der Waals surface area contributed by atoms with Crippen LogP contribution in [-0.2, 0) is 14.8 Å². The number of carbonyl (C=O) groups is 1. The van der Waals surface area contributed by atoms with Crippen molar-refractivity contribution in [3.05, 3.63) is 83.9 Å². The van der Waals surface area contributed by atoms with Gasteiger partial charge >= 0.3 is 0 Å². The zero-order valence-electron chi connectivity index (χ0n) is 16.6. The zero-order chi connectivity index (χ0) is 22.2. The molecule has 0 saturated heterocycles. The van der Waals surface area contributed by atoms with Crippen molar-refractivity contribution in [3.63, 3.8) is 0 Å². The highest BCUT2D eigenvalue weighted by atomic mass is 32.2. The van der Waals surface area contributed by atoms with Gasteiger partial charge in [0.05, 0.1) is 4.90 Å². The van der Waals surface area contributed by atoms with Crippen molar-refractivity contribution in [2.45, 2.75) is 17.2 Å². The standard InChI is InChI=1S/C23H22N4O3S/c24-22(25)16-5-3-4-15(12-16)19-13-20(19)23(28)27-17-10-8-14(9-11-17)18-6-1-2-7-21(18)31(26,29)30/h1-12,19-20H,13H2,(H3,24,25)(H,27,28)(H2,26,29,30)/t19-,20-/m0/s1. The number of nitrogens with two attached hydrogens (primary N) is 2. The molecule has 0 spiro atoms. The topological polar surface area (TPSA) is 139 Å². The molecule has 158 valence electrons. The maximum atomic E-state index is 12.6. The molecule has 1 amide bonds. The SMILES string of the molecule is N=C(N)c1cccc([C@@H]2C[C@@H]2C(=O)Nc2ccc(-c3ccccc3S(N)(=O)=O)cc2)c1. The lowest BCUT2D eigenvalue weighted by atomic mass is 10.0. The van der Waals surface area contributed by atoms with Crippen LogP contribution < -0.4 is 16.2 Å². The van der Waals surface area contributed by atoms with E-state index in [0.717, 1.165) is 12.0 Å². The van der Waals surface area contributed by atoms with Crippen LogP contribution in [0.3, 0.4) is 0 Å². The maximum absolute atomic E-state index is 12.6. The Morgan fingerprint density at radius 1 is 1.00 bits per heavy atom. The third-order valence-corrected chi connectivity index (χ3v) is 6.38. The molecule has 0 heterocycles. The molecule has 1 aliphatic carbocycles. The van der Waals surface area contributed by atoms with E-state index >= 15 is 0 Å². The molecule has 0 unspecified atom stereocenters. The monoisotopic (exact) mass is 434 g/mol. The lowest BCUT2D eigenvalue weighted by Gasteiger charge is -2.10. The number of hydrogen-bond acceptors (Lipinski definition) is 4. The van der Waals surface area contributed by atoms with E-state index in [2.05, 4.69) is 5.32 Å². The van der Waals surface area contributed by atoms with Crippen LogP contribution in [0.4, 0.5) is 5.69 Å². The van der Waals surface area contributed by atoms with E-state index in [4.69, 9.17) is 16.3 Å². The Labute approximate surface area is 180 Å². The van der Waals surface area contributed by atoms with Crippen LogP contribution >= 0.6 is 0 Å². The number of anilines is 1. The average Bonchev–Trinajstić information content (AvgIpc) is 3.55. The van der Waals surface area contributed by atoms with Crippen molar-refractivity contribution in [2.75, 3.05) is 5.32 Å². The van der Waals surface area contributed by atoms with E-state index in [9.17, 15) is 13.2 Å². The van der Waals surface area contributed by atoms with Crippen LogP contribution in [0.5, 0.6) is 0 Å². The Morgan fingerprint density at radius 3 is 2.39 bits per heavy atom. The van der Waals surface area contributed by atoms with Crippen molar-refractivity contribution in [1.29, 1.82) is 5.41 Å². The summed E-state index contributed by atoms with van der Waals surface area (Å²) in [7, 11) is -3.85. The molecule has 3 aromatic rings. The number of amides is 1. The highest BCUT2D eigenvalue weighted by Gasteiger charge is 2.44. The van der Waals surface area contributed by atoms with Gasteiger partial charge in [0.25, 0.3) is 0 Å². The minimum Gasteiger partial charge on any atom is -0.384 e. The predicted octanol–water partition coefficient (Wildman–Crippen LogP) is 3.03. The van der Waals surface area contributed by atoms with E-state index in [1.165, 1.54) is 6.07 Å². The predicted molar refractivity (Wildman–Crippen MR) is 120 cm³/mol. The van der Waals surface area contributed by atoms with Gasteiger partial charge in [-0.25, -0.2) is 13.6 Å². The number of nitrogen functional groups attached to an aromatic ring is 1. The first-order valence-corrected chi connectivity index (χ1v) is 11.3. The summed E-state index contributed by atoms with van der Waals surface area (Å²) in [6.45, 7) is 0. The number of nitrogens with one attached hydrogen (secondary N) is 2. The molecule has 1 aliphatic rings. The summed E-state index contributed by atoms with van der Waals surface area (Å²) >= 11 is 0. The van der Waals surface area contributed by atoms with E-state index in [0.29, 0.717) is 22.4 Å². The Balaban J connectivity index is 1.46. The fraction of sp³-hybridized carbons (Fsp3) is 0.130. The highest BCUT2D eigenvalue weighted by molar-refractivity contribution is 7.89. The summed E-state index contributed by atoms with van der Waals surface area (Å²) in [5, 5.41) is 15.8. The van der Waals surface area contributed by atoms with Gasteiger partial charge < -0.3 is 11.1 Å². The molecule has 3 aromatic carbocycles. The number of rotatable bonds is 6. The number of amidine groups is 1. The molecule has 0 radical (unpaired) electrons. The van der Waals surface area contributed by atoms with Crippen LogP contribution in [0.25, 0.3) is 11.1 Å². The van der Waals surface area contributed by atoms with Crippen LogP contribution in [-0.4, -0.2) is 20.2 Å². The summed E-state index contributed by atoms with van der Waals surface area (Å²) in [4.78, 5) is 12.7. The first kappa shape index (κ1) is 20.8. The molecule has 4 rings (SSSR count). The molecule has 8 heteroatoms. The zero-order valence-corrected chi connectivity index (χ0v) is 17.4. The van der Waals surface area contributed by atoms with Gasteiger partial charge in [0.2, 0.25) is 15.9 Å². The minimum atomic E-state index is -3.85. The maximum Gasteiger partial charge on any atom is 0.238 e. The summed E-state index contributed by atoms with van der Waals surface area (Å²) in [6.07, 6.45) is 0.743.